The third-order valence-electron chi connectivity index (χ3n) is 2.79. The molecule has 0 aliphatic rings. The molecular formula is C14H18F2N2O3. The van der Waals surface area contributed by atoms with Crippen LogP contribution in [-0.4, -0.2) is 34.6 Å². The quantitative estimate of drug-likeness (QED) is 0.848. The highest BCUT2D eigenvalue weighted by atomic mass is 19.1. The van der Waals surface area contributed by atoms with Gasteiger partial charge in [-0.1, -0.05) is 0 Å². The lowest BCUT2D eigenvalue weighted by Crippen LogP contribution is -2.40. The van der Waals surface area contributed by atoms with Gasteiger partial charge in [0.1, 0.15) is 11.6 Å². The summed E-state index contributed by atoms with van der Waals surface area (Å²) >= 11 is 0. The summed E-state index contributed by atoms with van der Waals surface area (Å²) in [4.78, 5) is 24.0. The van der Waals surface area contributed by atoms with Crippen LogP contribution < -0.4 is 5.32 Å². The maximum absolute atomic E-state index is 13.1. The van der Waals surface area contributed by atoms with E-state index in [2.05, 4.69) is 5.32 Å². The maximum atomic E-state index is 13.1. The Morgan fingerprint density at radius 2 is 1.81 bits per heavy atom. The minimum Gasteiger partial charge on any atom is -0.481 e. The second kappa shape index (κ2) is 7.56. The van der Waals surface area contributed by atoms with Gasteiger partial charge in [-0.15, -0.1) is 0 Å². The first-order valence-electron chi connectivity index (χ1n) is 6.55. The smallest absolute Gasteiger partial charge is 0.322 e. The molecule has 0 radical (unpaired) electrons. The van der Waals surface area contributed by atoms with E-state index in [0.29, 0.717) is 12.5 Å². The Labute approximate surface area is 121 Å². The number of urea groups is 1. The lowest BCUT2D eigenvalue weighted by molar-refractivity contribution is -0.137. The third kappa shape index (κ3) is 5.76. The van der Waals surface area contributed by atoms with Crippen molar-refractivity contribution in [3.63, 3.8) is 0 Å². The second-order valence-electron chi connectivity index (χ2n) is 4.87. The van der Waals surface area contributed by atoms with E-state index in [1.165, 1.54) is 4.90 Å². The molecule has 0 unspecified atom stereocenters. The van der Waals surface area contributed by atoms with Gasteiger partial charge in [-0.05, 0) is 32.4 Å². The van der Waals surface area contributed by atoms with Crippen molar-refractivity contribution < 1.29 is 23.5 Å². The van der Waals surface area contributed by atoms with Crippen LogP contribution in [0.5, 0.6) is 0 Å². The van der Waals surface area contributed by atoms with E-state index >= 15 is 0 Å². The predicted molar refractivity (Wildman–Crippen MR) is 74.1 cm³/mol. The fourth-order valence-corrected chi connectivity index (χ4v) is 1.82. The molecular weight excluding hydrogens is 282 g/mol. The number of amides is 2. The number of benzene rings is 1. The van der Waals surface area contributed by atoms with Crippen LogP contribution in [0.15, 0.2) is 18.2 Å². The molecule has 0 saturated heterocycles. The lowest BCUT2D eigenvalue weighted by atomic mass is 10.2. The summed E-state index contributed by atoms with van der Waals surface area (Å²) in [6.45, 7) is 3.78. The number of carboxylic acid groups (broad SMARTS) is 1. The summed E-state index contributed by atoms with van der Waals surface area (Å²) in [7, 11) is 0. The fourth-order valence-electron chi connectivity index (χ4n) is 1.82. The Kier molecular flexibility index (Phi) is 6.08. The number of carbonyl (C=O) groups is 2. The highest BCUT2D eigenvalue weighted by Gasteiger charge is 2.17. The van der Waals surface area contributed by atoms with E-state index < -0.39 is 23.6 Å². The molecule has 2 N–H and O–H groups in total. The molecule has 0 atom stereocenters. The van der Waals surface area contributed by atoms with Crippen LogP contribution in [0.3, 0.4) is 0 Å². The maximum Gasteiger partial charge on any atom is 0.322 e. The van der Waals surface area contributed by atoms with Crippen molar-refractivity contribution in [2.24, 2.45) is 0 Å². The van der Waals surface area contributed by atoms with Gasteiger partial charge in [0.25, 0.3) is 0 Å². The zero-order valence-corrected chi connectivity index (χ0v) is 11.9. The minimum atomic E-state index is -0.939. The number of nitrogens with zero attached hydrogens (tertiary/aromatic N) is 1. The van der Waals surface area contributed by atoms with Gasteiger partial charge >= 0.3 is 12.0 Å². The number of carboxylic acids is 1. The summed E-state index contributed by atoms with van der Waals surface area (Å²) in [5, 5.41) is 11.0. The largest absolute Gasteiger partial charge is 0.481 e. The first kappa shape index (κ1) is 16.9. The first-order chi connectivity index (χ1) is 9.79. The number of hydrogen-bond acceptors (Lipinski definition) is 2. The molecule has 1 aromatic carbocycles. The van der Waals surface area contributed by atoms with Crippen LogP contribution in [0.2, 0.25) is 0 Å². The van der Waals surface area contributed by atoms with Crippen LogP contribution in [0.4, 0.5) is 19.3 Å². The Morgan fingerprint density at radius 3 is 2.29 bits per heavy atom. The molecule has 0 aliphatic heterocycles. The van der Waals surface area contributed by atoms with Crippen LogP contribution in [0, 0.1) is 11.6 Å². The van der Waals surface area contributed by atoms with Gasteiger partial charge in [-0.2, -0.15) is 0 Å². The fraction of sp³-hybridized carbons (Fsp3) is 0.429. The number of carbonyl (C=O) groups excluding carboxylic acids is 1. The highest BCUT2D eigenvalue weighted by Crippen LogP contribution is 2.14. The molecule has 2 amide bonds. The van der Waals surface area contributed by atoms with Crippen molar-refractivity contribution in [1.29, 1.82) is 0 Å². The summed E-state index contributed by atoms with van der Waals surface area (Å²) in [6.07, 6.45) is 0.254. The van der Waals surface area contributed by atoms with Crippen molar-refractivity contribution in [2.75, 3.05) is 11.9 Å². The summed E-state index contributed by atoms with van der Waals surface area (Å²) in [6, 6.07) is 2.04. The summed E-state index contributed by atoms with van der Waals surface area (Å²) in [5.74, 6) is -2.51. The van der Waals surface area contributed by atoms with Gasteiger partial charge in [0.2, 0.25) is 0 Å². The van der Waals surface area contributed by atoms with Gasteiger partial charge in [-0.25, -0.2) is 13.6 Å². The molecule has 0 saturated carbocycles. The van der Waals surface area contributed by atoms with Crippen molar-refractivity contribution in [1.82, 2.24) is 4.90 Å². The van der Waals surface area contributed by atoms with Gasteiger partial charge in [0.05, 0.1) is 0 Å². The number of anilines is 1. The van der Waals surface area contributed by atoms with Gasteiger partial charge in [-0.3, -0.25) is 4.79 Å². The first-order valence-corrected chi connectivity index (χ1v) is 6.55. The average molecular weight is 300 g/mol. The Balaban J connectivity index is 2.70. The second-order valence-corrected chi connectivity index (χ2v) is 4.87. The van der Waals surface area contributed by atoms with Crippen molar-refractivity contribution >= 4 is 17.7 Å². The predicted octanol–water partition coefficient (Wildman–Crippen LogP) is 3.07. The number of hydrogen-bond donors (Lipinski definition) is 2. The molecule has 0 bridgehead atoms. The van der Waals surface area contributed by atoms with Gasteiger partial charge in [0.15, 0.2) is 0 Å². The van der Waals surface area contributed by atoms with E-state index in [1.54, 1.807) is 13.8 Å². The topological polar surface area (TPSA) is 69.6 Å². The molecule has 0 fully saturated rings. The molecule has 0 aliphatic carbocycles. The zero-order chi connectivity index (χ0) is 16.0. The van der Waals surface area contributed by atoms with Crippen molar-refractivity contribution in [3.05, 3.63) is 29.8 Å². The number of rotatable bonds is 6. The van der Waals surface area contributed by atoms with Crippen molar-refractivity contribution in [3.8, 4) is 0 Å². The van der Waals surface area contributed by atoms with E-state index in [-0.39, 0.29) is 24.7 Å². The number of aliphatic carboxylic acids is 1. The van der Waals surface area contributed by atoms with Crippen LogP contribution in [0.25, 0.3) is 0 Å². The van der Waals surface area contributed by atoms with Gasteiger partial charge < -0.3 is 15.3 Å². The van der Waals surface area contributed by atoms with E-state index in [4.69, 9.17) is 5.11 Å². The molecule has 0 heterocycles. The van der Waals surface area contributed by atoms with E-state index in [1.807, 2.05) is 0 Å². The Bertz CT molecular complexity index is 501. The summed E-state index contributed by atoms with van der Waals surface area (Å²) in [5.41, 5.74) is 0.0152. The highest BCUT2D eigenvalue weighted by molar-refractivity contribution is 5.89. The van der Waals surface area contributed by atoms with E-state index in [9.17, 15) is 18.4 Å². The molecule has 0 spiro atoms. The molecule has 5 nitrogen and oxygen atoms in total. The Morgan fingerprint density at radius 1 is 1.24 bits per heavy atom. The molecule has 0 aromatic heterocycles. The molecule has 1 aromatic rings. The molecule has 1 rings (SSSR count). The van der Waals surface area contributed by atoms with Crippen LogP contribution in [-0.2, 0) is 4.79 Å². The van der Waals surface area contributed by atoms with E-state index in [0.717, 1.165) is 12.1 Å². The molecule has 116 valence electrons. The standard InChI is InChI=1S/C14H18F2N2O3/c1-9(2)18(5-3-4-13(19)20)14(21)17-12-7-10(15)6-11(16)8-12/h6-9H,3-5H2,1-2H3,(H,17,21)(H,19,20). The van der Waals surface area contributed by atoms with Crippen LogP contribution >= 0.6 is 0 Å². The number of nitrogens with one attached hydrogen (secondary N) is 1. The zero-order valence-electron chi connectivity index (χ0n) is 11.9. The number of halogens is 2. The molecule has 7 heteroatoms. The monoisotopic (exact) mass is 300 g/mol. The SMILES string of the molecule is CC(C)N(CCCC(=O)O)C(=O)Nc1cc(F)cc(F)c1. The Hall–Kier alpha value is -2.18. The average Bonchev–Trinajstić information content (AvgIpc) is 2.32. The van der Waals surface area contributed by atoms with Crippen LogP contribution in [0.1, 0.15) is 26.7 Å². The molecule has 21 heavy (non-hydrogen) atoms. The minimum absolute atomic E-state index is 0.0152. The lowest BCUT2D eigenvalue weighted by Gasteiger charge is -2.26. The normalized spacial score (nSPS) is 10.5. The summed E-state index contributed by atoms with van der Waals surface area (Å²) < 4.78 is 26.1. The third-order valence-corrected chi connectivity index (χ3v) is 2.79. The van der Waals surface area contributed by atoms with Crippen molar-refractivity contribution in [2.45, 2.75) is 32.7 Å². The van der Waals surface area contributed by atoms with Gasteiger partial charge in [0, 0.05) is 30.8 Å².